The third-order valence-electron chi connectivity index (χ3n) is 3.44. The fourth-order valence-corrected chi connectivity index (χ4v) is 3.55. The summed E-state index contributed by atoms with van der Waals surface area (Å²) in [7, 11) is 0. The molecule has 1 aromatic carbocycles. The van der Waals surface area contributed by atoms with Crippen LogP contribution in [-0.2, 0) is 0 Å². The lowest BCUT2D eigenvalue weighted by atomic mass is 10.2. The molecule has 3 nitrogen and oxygen atoms in total. The Bertz CT molecular complexity index is 502. The molecule has 2 heterocycles. The van der Waals surface area contributed by atoms with Crippen molar-refractivity contribution in [2.24, 2.45) is 0 Å². The van der Waals surface area contributed by atoms with Crippen molar-refractivity contribution in [3.63, 3.8) is 0 Å². The van der Waals surface area contributed by atoms with Crippen LogP contribution in [0.4, 0.5) is 5.00 Å². The van der Waals surface area contributed by atoms with Gasteiger partial charge in [-0.15, -0.1) is 0 Å². The van der Waals surface area contributed by atoms with E-state index in [0.717, 1.165) is 25.2 Å². The maximum Gasteiger partial charge on any atom is 0.120 e. The molecule has 0 spiro atoms. The Hall–Kier alpha value is -1.13. The van der Waals surface area contributed by atoms with Crippen LogP contribution in [0.1, 0.15) is 13.3 Å². The number of hydrogen-bond donors (Lipinski definition) is 1. The minimum atomic E-state index is 0.629. The lowest BCUT2D eigenvalue weighted by molar-refractivity contribution is 0.654. The van der Waals surface area contributed by atoms with E-state index in [2.05, 4.69) is 45.8 Å². The number of nitrogens with zero attached hydrogens (tertiary/aromatic N) is 2. The van der Waals surface area contributed by atoms with Crippen molar-refractivity contribution in [3.05, 3.63) is 24.3 Å². The van der Waals surface area contributed by atoms with Crippen molar-refractivity contribution in [1.29, 1.82) is 0 Å². The second-order valence-corrected chi connectivity index (χ2v) is 5.19. The average molecular weight is 247 g/mol. The summed E-state index contributed by atoms with van der Waals surface area (Å²) >= 11 is 1.63. The van der Waals surface area contributed by atoms with E-state index >= 15 is 0 Å². The Morgan fingerprint density at radius 3 is 3.12 bits per heavy atom. The zero-order valence-corrected chi connectivity index (χ0v) is 10.8. The molecule has 1 unspecified atom stereocenters. The number of aromatic nitrogens is 1. The minimum Gasteiger partial charge on any atom is -0.358 e. The number of anilines is 1. The van der Waals surface area contributed by atoms with Gasteiger partial charge in [0.05, 0.1) is 5.52 Å². The van der Waals surface area contributed by atoms with Crippen LogP contribution >= 0.6 is 11.5 Å². The Morgan fingerprint density at radius 2 is 2.35 bits per heavy atom. The van der Waals surface area contributed by atoms with Gasteiger partial charge in [-0.3, -0.25) is 0 Å². The van der Waals surface area contributed by atoms with Crippen molar-refractivity contribution >= 4 is 27.4 Å². The highest BCUT2D eigenvalue weighted by atomic mass is 32.1. The number of hydrogen-bond acceptors (Lipinski definition) is 4. The summed E-state index contributed by atoms with van der Waals surface area (Å²) in [6.07, 6.45) is 1.24. The molecule has 1 aliphatic heterocycles. The number of benzene rings is 1. The minimum absolute atomic E-state index is 0.629. The molecular weight excluding hydrogens is 230 g/mol. The van der Waals surface area contributed by atoms with E-state index in [0.29, 0.717) is 6.04 Å². The first kappa shape index (κ1) is 11.0. The summed E-state index contributed by atoms with van der Waals surface area (Å²) in [6.45, 7) is 5.52. The molecule has 1 fully saturated rings. The SMILES string of the molecule is CCN(c1snc2ccccc12)C1CCNC1. The smallest absolute Gasteiger partial charge is 0.120 e. The second-order valence-electron chi connectivity index (χ2n) is 4.44. The zero-order chi connectivity index (χ0) is 11.7. The molecule has 4 heteroatoms. The highest BCUT2D eigenvalue weighted by Gasteiger charge is 2.23. The van der Waals surface area contributed by atoms with Crippen molar-refractivity contribution in [1.82, 2.24) is 9.69 Å². The normalized spacial score (nSPS) is 19.9. The number of nitrogens with one attached hydrogen (secondary N) is 1. The lowest BCUT2D eigenvalue weighted by Gasteiger charge is -2.27. The van der Waals surface area contributed by atoms with Gasteiger partial charge in [0.2, 0.25) is 0 Å². The van der Waals surface area contributed by atoms with Gasteiger partial charge in [0.25, 0.3) is 0 Å². The van der Waals surface area contributed by atoms with Gasteiger partial charge in [-0.05, 0) is 43.6 Å². The fraction of sp³-hybridized carbons (Fsp3) is 0.462. The largest absolute Gasteiger partial charge is 0.358 e. The monoisotopic (exact) mass is 247 g/mol. The van der Waals surface area contributed by atoms with Crippen LogP contribution < -0.4 is 10.2 Å². The third-order valence-corrected chi connectivity index (χ3v) is 4.36. The van der Waals surface area contributed by atoms with E-state index in [9.17, 15) is 0 Å². The van der Waals surface area contributed by atoms with E-state index < -0.39 is 0 Å². The van der Waals surface area contributed by atoms with E-state index in [-0.39, 0.29) is 0 Å². The van der Waals surface area contributed by atoms with Crippen LogP contribution in [0.25, 0.3) is 10.9 Å². The van der Waals surface area contributed by atoms with Crippen molar-refractivity contribution in [3.8, 4) is 0 Å². The van der Waals surface area contributed by atoms with Crippen molar-refractivity contribution in [2.45, 2.75) is 19.4 Å². The van der Waals surface area contributed by atoms with Crippen molar-refractivity contribution < 1.29 is 0 Å². The maximum absolute atomic E-state index is 4.54. The van der Waals surface area contributed by atoms with Crippen LogP contribution in [-0.4, -0.2) is 30.0 Å². The second kappa shape index (κ2) is 4.63. The molecule has 0 radical (unpaired) electrons. The van der Waals surface area contributed by atoms with Gasteiger partial charge in [-0.1, -0.05) is 12.1 Å². The lowest BCUT2D eigenvalue weighted by Crippen LogP contribution is -2.36. The molecule has 3 rings (SSSR count). The van der Waals surface area contributed by atoms with Gasteiger partial charge < -0.3 is 10.2 Å². The van der Waals surface area contributed by atoms with Gasteiger partial charge in [-0.2, -0.15) is 4.37 Å². The highest BCUT2D eigenvalue weighted by Crippen LogP contribution is 2.33. The summed E-state index contributed by atoms with van der Waals surface area (Å²) in [5, 5.41) is 6.07. The zero-order valence-electron chi connectivity index (χ0n) is 10.0. The van der Waals surface area contributed by atoms with Crippen molar-refractivity contribution in [2.75, 3.05) is 24.5 Å². The molecular formula is C13H17N3S. The summed E-state index contributed by atoms with van der Waals surface area (Å²) in [5.74, 6) is 0. The van der Waals surface area contributed by atoms with Gasteiger partial charge in [0.15, 0.2) is 0 Å². The molecule has 1 aromatic heterocycles. The van der Waals surface area contributed by atoms with Gasteiger partial charge in [-0.25, -0.2) is 0 Å². The average Bonchev–Trinajstić information content (AvgIpc) is 3.01. The molecule has 0 bridgehead atoms. The van der Waals surface area contributed by atoms with Gasteiger partial charge in [0, 0.05) is 24.5 Å². The van der Waals surface area contributed by atoms with Crippen LogP contribution in [0.2, 0.25) is 0 Å². The first-order valence-corrected chi connectivity index (χ1v) is 6.99. The van der Waals surface area contributed by atoms with Crippen LogP contribution in [0.5, 0.6) is 0 Å². The molecule has 1 aliphatic rings. The van der Waals surface area contributed by atoms with Gasteiger partial charge >= 0.3 is 0 Å². The Balaban J connectivity index is 2.00. The molecule has 0 aliphatic carbocycles. The Labute approximate surface area is 106 Å². The predicted octanol–water partition coefficient (Wildman–Crippen LogP) is 2.48. The molecule has 1 saturated heterocycles. The topological polar surface area (TPSA) is 28.2 Å². The van der Waals surface area contributed by atoms with Crippen LogP contribution in [0.15, 0.2) is 24.3 Å². The van der Waals surface area contributed by atoms with E-state index in [1.165, 1.54) is 16.8 Å². The standard InChI is InChI=1S/C13H17N3S/c1-2-16(10-7-8-14-9-10)13-11-5-3-4-6-12(11)15-17-13/h3-6,10,14H,2,7-9H2,1H3. The number of rotatable bonds is 3. The molecule has 1 N–H and O–H groups in total. The van der Waals surface area contributed by atoms with Crippen LogP contribution in [0, 0.1) is 0 Å². The molecule has 1 atom stereocenters. The van der Waals surface area contributed by atoms with Gasteiger partial charge in [0.1, 0.15) is 5.00 Å². The maximum atomic E-state index is 4.54. The molecule has 17 heavy (non-hydrogen) atoms. The molecule has 2 aromatic rings. The Morgan fingerprint density at radius 1 is 1.47 bits per heavy atom. The number of likely N-dealkylation sites (N-methyl/N-ethyl adjacent to an activating group) is 1. The van der Waals surface area contributed by atoms with Crippen LogP contribution in [0.3, 0.4) is 0 Å². The molecule has 90 valence electrons. The third kappa shape index (κ3) is 1.91. The summed E-state index contributed by atoms with van der Waals surface area (Å²) in [6, 6.07) is 9.05. The Kier molecular flexibility index (Phi) is 2.99. The number of fused-ring (bicyclic) bond motifs is 1. The summed E-state index contributed by atoms with van der Waals surface area (Å²) < 4.78 is 4.54. The van der Waals surface area contributed by atoms with E-state index in [1.54, 1.807) is 11.5 Å². The molecule has 0 amide bonds. The first-order valence-electron chi connectivity index (χ1n) is 6.22. The molecule has 0 saturated carbocycles. The quantitative estimate of drug-likeness (QED) is 0.903. The first-order chi connectivity index (χ1) is 8.40. The summed E-state index contributed by atoms with van der Waals surface area (Å²) in [5.41, 5.74) is 1.12. The van der Waals surface area contributed by atoms with E-state index in [4.69, 9.17) is 0 Å². The predicted molar refractivity (Wildman–Crippen MR) is 73.9 cm³/mol. The highest BCUT2D eigenvalue weighted by molar-refractivity contribution is 7.11. The summed E-state index contributed by atoms with van der Waals surface area (Å²) in [4.78, 5) is 2.50. The fourth-order valence-electron chi connectivity index (χ4n) is 2.56. The van der Waals surface area contributed by atoms with E-state index in [1.807, 2.05) is 0 Å².